The van der Waals surface area contributed by atoms with E-state index >= 15 is 0 Å². The highest BCUT2D eigenvalue weighted by atomic mass is 79.9. The van der Waals surface area contributed by atoms with Crippen LogP contribution in [0, 0.1) is 4.77 Å². The van der Waals surface area contributed by atoms with Crippen LogP contribution in [-0.4, -0.2) is 15.5 Å². The van der Waals surface area contributed by atoms with Gasteiger partial charge in [-0.1, -0.05) is 46.3 Å². The van der Waals surface area contributed by atoms with Gasteiger partial charge in [-0.05, 0) is 42.1 Å². The van der Waals surface area contributed by atoms with Crippen LogP contribution in [-0.2, 0) is 0 Å². The van der Waals surface area contributed by atoms with Crippen molar-refractivity contribution in [2.45, 2.75) is 0 Å². The van der Waals surface area contributed by atoms with E-state index < -0.39 is 11.5 Å². The van der Waals surface area contributed by atoms with Crippen molar-refractivity contribution in [3.63, 3.8) is 0 Å². The Morgan fingerprint density at radius 2 is 1.91 bits per heavy atom. The molecule has 114 valence electrons. The summed E-state index contributed by atoms with van der Waals surface area (Å²) in [6, 6.07) is 14.6. The van der Waals surface area contributed by atoms with E-state index in [1.807, 2.05) is 30.3 Å². The van der Waals surface area contributed by atoms with Crippen molar-refractivity contribution in [1.82, 2.24) is 9.55 Å². The SMILES string of the molecule is O=C(C=Cc1ccccc1)n1c(=S)[nH]c2ccc(Br)cc2c1=O. The molecule has 0 unspecified atom stereocenters. The lowest BCUT2D eigenvalue weighted by Gasteiger charge is -2.05. The first-order chi connectivity index (χ1) is 11.1. The van der Waals surface area contributed by atoms with Gasteiger partial charge in [-0.3, -0.25) is 9.59 Å². The molecule has 3 rings (SSSR count). The smallest absolute Gasteiger partial charge is 0.269 e. The van der Waals surface area contributed by atoms with E-state index in [4.69, 9.17) is 12.2 Å². The first kappa shape index (κ1) is 15.6. The van der Waals surface area contributed by atoms with Gasteiger partial charge in [0.05, 0.1) is 10.9 Å². The number of fused-ring (bicyclic) bond motifs is 1. The number of carbonyl (C=O) groups is 1. The molecule has 1 aromatic heterocycles. The third kappa shape index (κ3) is 3.23. The monoisotopic (exact) mass is 386 g/mol. The Morgan fingerprint density at radius 3 is 2.65 bits per heavy atom. The van der Waals surface area contributed by atoms with Crippen molar-refractivity contribution in [2.24, 2.45) is 0 Å². The molecule has 0 fully saturated rings. The number of nitrogens with zero attached hydrogens (tertiary/aromatic N) is 1. The van der Waals surface area contributed by atoms with Gasteiger partial charge in [-0.25, -0.2) is 4.57 Å². The number of aromatic nitrogens is 2. The van der Waals surface area contributed by atoms with Gasteiger partial charge in [-0.2, -0.15) is 0 Å². The Bertz CT molecular complexity index is 1040. The largest absolute Gasteiger partial charge is 0.331 e. The Labute approximate surface area is 145 Å². The van der Waals surface area contributed by atoms with Gasteiger partial charge in [0.1, 0.15) is 0 Å². The number of hydrogen-bond acceptors (Lipinski definition) is 3. The molecule has 0 saturated heterocycles. The molecule has 0 aliphatic rings. The number of hydrogen-bond donors (Lipinski definition) is 1. The molecule has 0 aliphatic heterocycles. The number of H-pyrrole nitrogens is 1. The van der Waals surface area contributed by atoms with Crippen LogP contribution in [0.5, 0.6) is 0 Å². The molecule has 1 heterocycles. The average molecular weight is 387 g/mol. The summed E-state index contributed by atoms with van der Waals surface area (Å²) in [5.74, 6) is -0.484. The molecular weight excluding hydrogens is 376 g/mol. The van der Waals surface area contributed by atoms with E-state index in [1.54, 1.807) is 24.3 Å². The van der Waals surface area contributed by atoms with Crippen molar-refractivity contribution in [1.29, 1.82) is 0 Å². The van der Waals surface area contributed by atoms with Gasteiger partial charge in [0.25, 0.3) is 11.5 Å². The number of benzene rings is 2. The third-order valence-corrected chi connectivity index (χ3v) is 4.08. The quantitative estimate of drug-likeness (QED) is 0.530. The van der Waals surface area contributed by atoms with Gasteiger partial charge in [0, 0.05) is 10.5 Å². The Hall–Kier alpha value is -2.31. The first-order valence-electron chi connectivity index (χ1n) is 6.78. The summed E-state index contributed by atoms with van der Waals surface area (Å²) in [6.07, 6.45) is 2.98. The molecule has 3 aromatic rings. The van der Waals surface area contributed by atoms with Crippen LogP contribution >= 0.6 is 28.1 Å². The maximum atomic E-state index is 12.6. The van der Waals surface area contributed by atoms with Crippen LogP contribution in [0.25, 0.3) is 17.0 Å². The van der Waals surface area contributed by atoms with Crippen molar-refractivity contribution in [3.8, 4) is 0 Å². The minimum atomic E-state index is -0.484. The summed E-state index contributed by atoms with van der Waals surface area (Å²) in [5.41, 5.74) is 1.03. The lowest BCUT2D eigenvalue weighted by Crippen LogP contribution is -2.27. The Morgan fingerprint density at radius 1 is 1.17 bits per heavy atom. The molecule has 2 aromatic carbocycles. The maximum Gasteiger partial charge on any atom is 0.269 e. The predicted molar refractivity (Wildman–Crippen MR) is 97.2 cm³/mol. The molecule has 6 heteroatoms. The molecule has 0 amide bonds. The molecule has 0 bridgehead atoms. The first-order valence-corrected chi connectivity index (χ1v) is 7.98. The number of rotatable bonds is 2. The Balaban J connectivity index is 2.09. The summed E-state index contributed by atoms with van der Waals surface area (Å²) in [6.45, 7) is 0. The lowest BCUT2D eigenvalue weighted by atomic mass is 10.2. The normalized spacial score (nSPS) is 11.2. The summed E-state index contributed by atoms with van der Waals surface area (Å²) >= 11 is 8.47. The van der Waals surface area contributed by atoms with Crippen LogP contribution < -0.4 is 5.56 Å². The molecule has 23 heavy (non-hydrogen) atoms. The summed E-state index contributed by atoms with van der Waals surface area (Å²) < 4.78 is 1.79. The van der Waals surface area contributed by atoms with Crippen molar-refractivity contribution < 1.29 is 4.79 Å². The number of aromatic amines is 1. The second kappa shape index (κ2) is 6.44. The summed E-state index contributed by atoms with van der Waals surface area (Å²) in [5, 5.41) is 0.398. The second-order valence-corrected chi connectivity index (χ2v) is 6.15. The molecule has 0 aliphatic carbocycles. The fourth-order valence-corrected chi connectivity index (χ4v) is 2.84. The molecule has 4 nitrogen and oxygen atoms in total. The maximum absolute atomic E-state index is 12.6. The van der Waals surface area contributed by atoms with Crippen molar-refractivity contribution in [3.05, 3.63) is 79.8 Å². The van der Waals surface area contributed by atoms with Crippen LogP contribution in [0.1, 0.15) is 10.4 Å². The van der Waals surface area contributed by atoms with E-state index in [1.165, 1.54) is 6.08 Å². The van der Waals surface area contributed by atoms with Gasteiger partial charge in [-0.15, -0.1) is 0 Å². The van der Waals surface area contributed by atoms with E-state index in [-0.39, 0.29) is 4.77 Å². The summed E-state index contributed by atoms with van der Waals surface area (Å²) in [4.78, 5) is 27.8. The van der Waals surface area contributed by atoms with Gasteiger partial charge in [0.2, 0.25) is 0 Å². The second-order valence-electron chi connectivity index (χ2n) is 4.84. The molecule has 1 N–H and O–H groups in total. The minimum Gasteiger partial charge on any atom is -0.331 e. The number of carbonyl (C=O) groups excluding carboxylic acids is 1. The van der Waals surface area contributed by atoms with Crippen molar-refractivity contribution in [2.75, 3.05) is 0 Å². The molecule has 0 spiro atoms. The van der Waals surface area contributed by atoms with E-state index in [9.17, 15) is 9.59 Å². The number of halogens is 1. The van der Waals surface area contributed by atoms with Crippen LogP contribution in [0.2, 0.25) is 0 Å². The molecule has 0 radical (unpaired) electrons. The average Bonchev–Trinajstić information content (AvgIpc) is 2.55. The third-order valence-electron chi connectivity index (χ3n) is 3.30. The van der Waals surface area contributed by atoms with Gasteiger partial charge < -0.3 is 4.98 Å². The zero-order valence-corrected chi connectivity index (χ0v) is 14.2. The number of nitrogens with one attached hydrogen (secondary N) is 1. The number of allylic oxidation sites excluding steroid dienone is 1. The van der Waals surface area contributed by atoms with Gasteiger partial charge >= 0.3 is 0 Å². The van der Waals surface area contributed by atoms with Crippen LogP contribution in [0.15, 0.2) is 63.9 Å². The lowest BCUT2D eigenvalue weighted by molar-refractivity contribution is 0.0963. The highest BCUT2D eigenvalue weighted by molar-refractivity contribution is 9.10. The zero-order chi connectivity index (χ0) is 16.4. The standard InChI is InChI=1S/C17H11BrN2O2S/c18-12-7-8-14-13(10-12)16(22)20(17(23)19-14)15(21)9-6-11-4-2-1-3-5-11/h1-10H,(H,19,23). The highest BCUT2D eigenvalue weighted by Crippen LogP contribution is 2.15. The molecule has 0 atom stereocenters. The highest BCUT2D eigenvalue weighted by Gasteiger charge is 2.10. The summed E-state index contributed by atoms with van der Waals surface area (Å²) in [7, 11) is 0. The predicted octanol–water partition coefficient (Wildman–Crippen LogP) is 4.18. The fraction of sp³-hybridized carbons (Fsp3) is 0. The van der Waals surface area contributed by atoms with Crippen LogP contribution in [0.3, 0.4) is 0 Å². The molecule has 0 saturated carbocycles. The van der Waals surface area contributed by atoms with E-state index in [0.717, 1.165) is 14.6 Å². The zero-order valence-electron chi connectivity index (χ0n) is 11.8. The minimum absolute atomic E-state index is 0.0764. The topological polar surface area (TPSA) is 54.9 Å². The van der Waals surface area contributed by atoms with Gasteiger partial charge in [0.15, 0.2) is 4.77 Å². The fourth-order valence-electron chi connectivity index (χ4n) is 2.19. The molecular formula is C17H11BrN2O2S. The van der Waals surface area contributed by atoms with Crippen LogP contribution in [0.4, 0.5) is 0 Å². The van der Waals surface area contributed by atoms with E-state index in [2.05, 4.69) is 20.9 Å². The Kier molecular flexibility index (Phi) is 4.36. The van der Waals surface area contributed by atoms with E-state index in [0.29, 0.717) is 10.9 Å². The van der Waals surface area contributed by atoms with Crippen molar-refractivity contribution >= 4 is 51.0 Å².